The van der Waals surface area contributed by atoms with Crippen LogP contribution in [0.25, 0.3) is 10.8 Å². The molecule has 0 radical (unpaired) electrons. The zero-order chi connectivity index (χ0) is 23.8. The number of nitrogens with zero attached hydrogens (tertiary/aromatic N) is 1. The van der Waals surface area contributed by atoms with E-state index in [-0.39, 0.29) is 29.7 Å². The summed E-state index contributed by atoms with van der Waals surface area (Å²) in [7, 11) is -0.182. The molecule has 0 aromatic heterocycles. The number of carbonyl (C=O) groups excluding carboxylic acids is 2. The Balaban J connectivity index is 1.53. The summed E-state index contributed by atoms with van der Waals surface area (Å²) in [5, 5.41) is 15.2. The standard InChI is InChI=1S/C24H30N2O6S/c1-26(19-14-33(30,31)15-20(19)27)23(29)10-12-24(11-9-22(28)25-24)13-16-7-8-21(32-2)18-6-4-3-5-17(16)18/h3-8,19-20,27H,9-15H2,1-2H3,(H,25,28)/t19-,20-,24-/m1/s1. The average Bonchev–Trinajstić information content (AvgIpc) is 3.29. The van der Waals surface area contributed by atoms with Crippen LogP contribution in [0.2, 0.25) is 0 Å². The minimum Gasteiger partial charge on any atom is -0.496 e. The lowest BCUT2D eigenvalue weighted by atomic mass is 9.83. The monoisotopic (exact) mass is 474 g/mol. The van der Waals surface area contributed by atoms with E-state index in [4.69, 9.17) is 4.74 Å². The molecule has 0 saturated carbocycles. The molecule has 2 aliphatic rings. The molecule has 0 aliphatic carbocycles. The van der Waals surface area contributed by atoms with Crippen molar-refractivity contribution in [1.29, 1.82) is 0 Å². The summed E-state index contributed by atoms with van der Waals surface area (Å²) in [6, 6.07) is 11.1. The number of methoxy groups -OCH3 is 1. The fourth-order valence-electron chi connectivity index (χ4n) is 5.10. The first-order valence-electron chi connectivity index (χ1n) is 11.1. The Bertz CT molecular complexity index is 1180. The Labute approximate surface area is 193 Å². The van der Waals surface area contributed by atoms with Crippen LogP contribution in [-0.2, 0) is 25.8 Å². The molecule has 9 heteroatoms. The maximum absolute atomic E-state index is 12.9. The largest absolute Gasteiger partial charge is 0.496 e. The molecule has 2 saturated heterocycles. The van der Waals surface area contributed by atoms with Crippen LogP contribution in [0.1, 0.15) is 31.2 Å². The van der Waals surface area contributed by atoms with Gasteiger partial charge in [0.15, 0.2) is 9.84 Å². The van der Waals surface area contributed by atoms with Crippen molar-refractivity contribution in [1.82, 2.24) is 10.2 Å². The van der Waals surface area contributed by atoms with Gasteiger partial charge in [0.1, 0.15) is 5.75 Å². The van der Waals surface area contributed by atoms with Gasteiger partial charge in [0.05, 0.1) is 30.8 Å². The third kappa shape index (κ3) is 4.84. The average molecular weight is 475 g/mol. The van der Waals surface area contributed by atoms with Crippen LogP contribution in [0.3, 0.4) is 0 Å². The van der Waals surface area contributed by atoms with E-state index in [1.165, 1.54) is 11.9 Å². The van der Waals surface area contributed by atoms with E-state index in [1.807, 2.05) is 36.4 Å². The smallest absolute Gasteiger partial charge is 0.222 e. The summed E-state index contributed by atoms with van der Waals surface area (Å²) in [6.45, 7) is 0. The maximum Gasteiger partial charge on any atom is 0.222 e. The van der Waals surface area contributed by atoms with Crippen LogP contribution < -0.4 is 10.1 Å². The highest BCUT2D eigenvalue weighted by Gasteiger charge is 2.42. The van der Waals surface area contributed by atoms with E-state index < -0.39 is 27.5 Å². The first-order valence-corrected chi connectivity index (χ1v) is 12.9. The van der Waals surface area contributed by atoms with E-state index in [0.717, 1.165) is 22.1 Å². The Morgan fingerprint density at radius 1 is 1.21 bits per heavy atom. The molecule has 0 bridgehead atoms. The van der Waals surface area contributed by atoms with Crippen molar-refractivity contribution < 1.29 is 27.9 Å². The molecule has 0 spiro atoms. The van der Waals surface area contributed by atoms with Gasteiger partial charge in [-0.3, -0.25) is 9.59 Å². The van der Waals surface area contributed by atoms with Crippen molar-refractivity contribution in [3.8, 4) is 5.75 Å². The molecule has 0 unspecified atom stereocenters. The van der Waals surface area contributed by atoms with Gasteiger partial charge in [-0.2, -0.15) is 0 Å². The second kappa shape index (κ2) is 8.95. The fraction of sp³-hybridized carbons (Fsp3) is 0.500. The third-order valence-corrected chi connectivity index (χ3v) is 8.66. The summed E-state index contributed by atoms with van der Waals surface area (Å²) >= 11 is 0. The number of amides is 2. The molecule has 3 atom stereocenters. The number of benzene rings is 2. The van der Waals surface area contributed by atoms with Crippen molar-refractivity contribution in [2.24, 2.45) is 0 Å². The molecular weight excluding hydrogens is 444 g/mol. The summed E-state index contributed by atoms with van der Waals surface area (Å²) in [5.41, 5.74) is 0.498. The Morgan fingerprint density at radius 2 is 1.94 bits per heavy atom. The van der Waals surface area contributed by atoms with Crippen molar-refractivity contribution in [3.63, 3.8) is 0 Å². The highest BCUT2D eigenvalue weighted by molar-refractivity contribution is 7.91. The molecule has 33 heavy (non-hydrogen) atoms. The Hall–Kier alpha value is -2.65. The van der Waals surface area contributed by atoms with Gasteiger partial charge in [0.2, 0.25) is 11.8 Å². The van der Waals surface area contributed by atoms with Gasteiger partial charge < -0.3 is 20.1 Å². The lowest BCUT2D eigenvalue weighted by Gasteiger charge is -2.32. The molecule has 4 rings (SSSR count). The molecule has 2 aliphatic heterocycles. The predicted octanol–water partition coefficient (Wildman–Crippen LogP) is 1.44. The van der Waals surface area contributed by atoms with Crippen LogP contribution in [0.15, 0.2) is 36.4 Å². The summed E-state index contributed by atoms with van der Waals surface area (Å²) in [6.07, 6.45) is 1.09. The summed E-state index contributed by atoms with van der Waals surface area (Å²) in [5.74, 6) is -0.0430. The van der Waals surface area contributed by atoms with Crippen molar-refractivity contribution >= 4 is 32.4 Å². The van der Waals surface area contributed by atoms with Crippen LogP contribution in [0.5, 0.6) is 5.75 Å². The minimum atomic E-state index is -3.35. The molecular formula is C24H30N2O6S. The lowest BCUT2D eigenvalue weighted by Crippen LogP contribution is -2.47. The molecule has 2 heterocycles. The fourth-order valence-corrected chi connectivity index (χ4v) is 6.95. The van der Waals surface area contributed by atoms with E-state index in [9.17, 15) is 23.1 Å². The third-order valence-electron chi connectivity index (χ3n) is 6.96. The van der Waals surface area contributed by atoms with Gasteiger partial charge in [0.25, 0.3) is 0 Å². The zero-order valence-corrected chi connectivity index (χ0v) is 19.7. The first-order chi connectivity index (χ1) is 15.6. The number of sulfone groups is 1. The number of nitrogens with one attached hydrogen (secondary N) is 1. The number of hydrogen-bond acceptors (Lipinski definition) is 6. The SMILES string of the molecule is COc1ccc(C[C@]2(CCC(=O)N(C)[C@@H]3CS(=O)(=O)C[C@H]3O)CCC(=O)N2)c2ccccc12. The van der Waals surface area contributed by atoms with Gasteiger partial charge in [-0.15, -0.1) is 0 Å². The van der Waals surface area contributed by atoms with Gasteiger partial charge in [0, 0.05) is 30.8 Å². The van der Waals surface area contributed by atoms with Crippen molar-refractivity contribution in [2.45, 2.75) is 49.8 Å². The number of hydrogen-bond donors (Lipinski definition) is 2. The molecule has 178 valence electrons. The summed E-state index contributed by atoms with van der Waals surface area (Å²) < 4.78 is 29.2. The van der Waals surface area contributed by atoms with Gasteiger partial charge in [-0.05, 0) is 36.3 Å². The number of carbonyl (C=O) groups is 2. The highest BCUT2D eigenvalue weighted by Crippen LogP contribution is 2.35. The minimum absolute atomic E-state index is 0.0362. The van der Waals surface area contributed by atoms with E-state index in [2.05, 4.69) is 5.32 Å². The predicted molar refractivity (Wildman–Crippen MR) is 125 cm³/mol. The highest BCUT2D eigenvalue weighted by atomic mass is 32.2. The second-order valence-electron chi connectivity index (χ2n) is 9.19. The van der Waals surface area contributed by atoms with Gasteiger partial charge >= 0.3 is 0 Å². The molecule has 2 amide bonds. The molecule has 2 fully saturated rings. The number of aliphatic hydroxyl groups excluding tert-OH is 1. The van der Waals surface area contributed by atoms with Crippen LogP contribution >= 0.6 is 0 Å². The Kier molecular flexibility index (Phi) is 6.37. The van der Waals surface area contributed by atoms with Crippen molar-refractivity contribution in [3.05, 3.63) is 42.0 Å². The van der Waals surface area contributed by atoms with Gasteiger partial charge in [-0.25, -0.2) is 8.42 Å². The maximum atomic E-state index is 12.9. The quantitative estimate of drug-likeness (QED) is 0.628. The number of ether oxygens (including phenoxy) is 1. The normalized spacial score (nSPS) is 26.3. The van der Waals surface area contributed by atoms with Crippen molar-refractivity contribution in [2.75, 3.05) is 25.7 Å². The molecule has 8 nitrogen and oxygen atoms in total. The number of likely N-dealkylation sites (N-methyl/N-ethyl adjacent to an activating group) is 1. The first kappa shape index (κ1) is 23.5. The van der Waals surface area contributed by atoms with E-state index in [0.29, 0.717) is 25.7 Å². The van der Waals surface area contributed by atoms with Crippen LogP contribution in [-0.4, -0.2) is 73.6 Å². The molecule has 2 aromatic carbocycles. The topological polar surface area (TPSA) is 113 Å². The molecule has 2 N–H and O–H groups in total. The Morgan fingerprint density at radius 3 is 2.55 bits per heavy atom. The van der Waals surface area contributed by atoms with Crippen LogP contribution in [0.4, 0.5) is 0 Å². The summed E-state index contributed by atoms with van der Waals surface area (Å²) in [4.78, 5) is 26.4. The number of aliphatic hydroxyl groups is 1. The lowest BCUT2D eigenvalue weighted by molar-refractivity contribution is -0.133. The zero-order valence-electron chi connectivity index (χ0n) is 18.9. The number of rotatable bonds is 7. The van der Waals surface area contributed by atoms with E-state index in [1.54, 1.807) is 7.11 Å². The second-order valence-corrected chi connectivity index (χ2v) is 11.3. The van der Waals surface area contributed by atoms with E-state index >= 15 is 0 Å². The number of fused-ring (bicyclic) bond motifs is 1. The van der Waals surface area contributed by atoms with Gasteiger partial charge in [-0.1, -0.05) is 30.3 Å². The van der Waals surface area contributed by atoms with Crippen LogP contribution in [0, 0.1) is 0 Å². The molecule has 2 aromatic rings.